The fourth-order valence-electron chi connectivity index (χ4n) is 3.41. The van der Waals surface area contributed by atoms with Crippen molar-refractivity contribution in [3.63, 3.8) is 0 Å². The summed E-state index contributed by atoms with van der Waals surface area (Å²) in [5.74, 6) is 2.56. The van der Waals surface area contributed by atoms with Crippen molar-refractivity contribution in [1.29, 1.82) is 0 Å². The molecule has 0 spiro atoms. The molecule has 1 aliphatic rings. The van der Waals surface area contributed by atoms with E-state index in [4.69, 9.17) is 9.15 Å². The molecule has 8 heteroatoms. The molecule has 0 saturated carbocycles. The number of nitrogens with zero attached hydrogens (tertiary/aromatic N) is 4. The van der Waals surface area contributed by atoms with Gasteiger partial charge in [-0.15, -0.1) is 10.2 Å². The Bertz CT molecular complexity index is 934. The molecule has 0 atom stereocenters. The van der Waals surface area contributed by atoms with Crippen LogP contribution in [0.4, 0.5) is 5.82 Å². The largest absolute Gasteiger partial charge is 0.497 e. The number of carbonyl (C=O) groups is 1. The molecule has 1 N–H and O–H groups in total. The van der Waals surface area contributed by atoms with E-state index in [0.717, 1.165) is 41.7 Å². The van der Waals surface area contributed by atoms with E-state index < -0.39 is 0 Å². The first-order chi connectivity index (χ1) is 14.7. The van der Waals surface area contributed by atoms with Gasteiger partial charge in [-0.1, -0.05) is 0 Å². The van der Waals surface area contributed by atoms with Gasteiger partial charge >= 0.3 is 0 Å². The van der Waals surface area contributed by atoms with Crippen LogP contribution in [0, 0.1) is 0 Å². The van der Waals surface area contributed by atoms with E-state index in [1.807, 2.05) is 53.4 Å². The van der Waals surface area contributed by atoms with E-state index in [1.54, 1.807) is 13.4 Å². The van der Waals surface area contributed by atoms with Gasteiger partial charge in [-0.25, -0.2) is 0 Å². The number of hydrogen-bond acceptors (Lipinski definition) is 7. The molecule has 0 bridgehead atoms. The summed E-state index contributed by atoms with van der Waals surface area (Å²) in [4.78, 5) is 16.4. The van der Waals surface area contributed by atoms with Gasteiger partial charge in [0.25, 0.3) is 0 Å². The minimum atomic E-state index is 0.0992. The van der Waals surface area contributed by atoms with Gasteiger partial charge in [0.15, 0.2) is 5.82 Å². The van der Waals surface area contributed by atoms with Gasteiger partial charge in [0.2, 0.25) is 5.91 Å². The van der Waals surface area contributed by atoms with Crippen LogP contribution in [0.15, 0.2) is 59.2 Å². The lowest BCUT2D eigenvalue weighted by Crippen LogP contribution is -2.51. The summed E-state index contributed by atoms with van der Waals surface area (Å²) in [6.45, 7) is 3.67. The molecule has 1 amide bonds. The molecule has 156 valence electrons. The van der Waals surface area contributed by atoms with Crippen LogP contribution in [0.5, 0.6) is 5.75 Å². The first-order valence-electron chi connectivity index (χ1n) is 9.97. The molecule has 1 aromatic carbocycles. The molecular formula is C22H25N5O3. The number of benzene rings is 1. The number of amides is 1. The van der Waals surface area contributed by atoms with Crippen LogP contribution in [0.25, 0.3) is 11.3 Å². The predicted molar refractivity (Wildman–Crippen MR) is 113 cm³/mol. The molecule has 3 aromatic rings. The zero-order valence-corrected chi connectivity index (χ0v) is 17.0. The van der Waals surface area contributed by atoms with Crippen LogP contribution in [0.2, 0.25) is 0 Å². The number of piperazine rings is 1. The average molecular weight is 407 g/mol. The van der Waals surface area contributed by atoms with Crippen LogP contribution in [0.1, 0.15) is 5.76 Å². The first kappa shape index (κ1) is 19.9. The Hall–Kier alpha value is -3.39. The van der Waals surface area contributed by atoms with Crippen molar-refractivity contribution in [3.8, 4) is 17.0 Å². The molecule has 8 nitrogen and oxygen atoms in total. The highest BCUT2D eigenvalue weighted by atomic mass is 16.5. The minimum Gasteiger partial charge on any atom is -0.497 e. The number of anilines is 1. The number of hydrogen-bond donors (Lipinski definition) is 1. The molecule has 1 aliphatic heterocycles. The van der Waals surface area contributed by atoms with Crippen molar-refractivity contribution in [2.24, 2.45) is 0 Å². The van der Waals surface area contributed by atoms with Crippen molar-refractivity contribution in [2.45, 2.75) is 6.54 Å². The van der Waals surface area contributed by atoms with E-state index in [-0.39, 0.29) is 5.91 Å². The highest BCUT2D eigenvalue weighted by Gasteiger charge is 2.22. The summed E-state index contributed by atoms with van der Waals surface area (Å²) >= 11 is 0. The summed E-state index contributed by atoms with van der Waals surface area (Å²) in [5, 5.41) is 11.9. The Morgan fingerprint density at radius 3 is 2.50 bits per heavy atom. The van der Waals surface area contributed by atoms with E-state index >= 15 is 0 Å². The molecule has 0 radical (unpaired) electrons. The van der Waals surface area contributed by atoms with Crippen molar-refractivity contribution in [2.75, 3.05) is 44.7 Å². The maximum atomic E-state index is 12.4. The summed E-state index contributed by atoms with van der Waals surface area (Å²) in [6, 6.07) is 15.4. The lowest BCUT2D eigenvalue weighted by atomic mass is 10.1. The second-order valence-electron chi connectivity index (χ2n) is 7.06. The van der Waals surface area contributed by atoms with Crippen LogP contribution < -0.4 is 15.0 Å². The van der Waals surface area contributed by atoms with Gasteiger partial charge in [-0.2, -0.15) is 0 Å². The second-order valence-corrected chi connectivity index (χ2v) is 7.06. The molecule has 0 aliphatic carbocycles. The summed E-state index contributed by atoms with van der Waals surface area (Å²) < 4.78 is 10.4. The van der Waals surface area contributed by atoms with E-state index in [9.17, 15) is 4.79 Å². The van der Waals surface area contributed by atoms with Gasteiger partial charge in [0.1, 0.15) is 11.5 Å². The number of carbonyl (C=O) groups excluding carboxylic acids is 1. The van der Waals surface area contributed by atoms with Crippen molar-refractivity contribution < 1.29 is 13.9 Å². The molecule has 1 fully saturated rings. The molecule has 3 heterocycles. The smallest absolute Gasteiger partial charge is 0.236 e. The van der Waals surface area contributed by atoms with E-state index in [2.05, 4.69) is 20.4 Å². The van der Waals surface area contributed by atoms with Crippen LogP contribution >= 0.6 is 0 Å². The van der Waals surface area contributed by atoms with Crippen molar-refractivity contribution >= 4 is 11.7 Å². The predicted octanol–water partition coefficient (Wildman–Crippen LogP) is 2.18. The Morgan fingerprint density at radius 1 is 1.07 bits per heavy atom. The second kappa shape index (κ2) is 9.41. The minimum absolute atomic E-state index is 0.0992. The maximum Gasteiger partial charge on any atom is 0.236 e. The zero-order chi connectivity index (χ0) is 20.8. The molecule has 0 unspecified atom stereocenters. The van der Waals surface area contributed by atoms with E-state index in [0.29, 0.717) is 26.2 Å². The first-order valence-corrected chi connectivity index (χ1v) is 9.97. The lowest BCUT2D eigenvalue weighted by Gasteiger charge is -2.35. The normalized spacial score (nSPS) is 14.0. The number of furan rings is 1. The fraction of sp³-hybridized carbons (Fsp3) is 0.318. The summed E-state index contributed by atoms with van der Waals surface area (Å²) in [6.07, 6.45) is 1.63. The Balaban J connectivity index is 1.26. The summed E-state index contributed by atoms with van der Waals surface area (Å²) in [5.41, 5.74) is 1.81. The molecule has 30 heavy (non-hydrogen) atoms. The van der Waals surface area contributed by atoms with Crippen LogP contribution in [-0.2, 0) is 11.3 Å². The third kappa shape index (κ3) is 4.77. The molecule has 1 saturated heterocycles. The Labute approximate surface area is 175 Å². The standard InChI is InChI=1S/C22H25N5O3/c1-29-18-6-4-17(5-7-18)20-8-9-21(25-24-20)26-10-12-27(13-11-26)22(28)16-23-15-19-3-2-14-30-19/h2-9,14,23H,10-13,15-16H2,1H3. The highest BCUT2D eigenvalue weighted by Crippen LogP contribution is 2.22. The van der Waals surface area contributed by atoms with Crippen LogP contribution in [0.3, 0.4) is 0 Å². The van der Waals surface area contributed by atoms with Crippen LogP contribution in [-0.4, -0.2) is 60.8 Å². The Kier molecular flexibility index (Phi) is 6.24. The van der Waals surface area contributed by atoms with Gasteiger partial charge in [0, 0.05) is 31.7 Å². The number of aromatic nitrogens is 2. The molecular weight excluding hydrogens is 382 g/mol. The number of nitrogens with one attached hydrogen (secondary N) is 1. The van der Waals surface area contributed by atoms with E-state index in [1.165, 1.54) is 0 Å². The topological polar surface area (TPSA) is 83.7 Å². The number of methoxy groups -OCH3 is 1. The van der Waals surface area contributed by atoms with Gasteiger partial charge in [-0.3, -0.25) is 4.79 Å². The zero-order valence-electron chi connectivity index (χ0n) is 17.0. The highest BCUT2D eigenvalue weighted by molar-refractivity contribution is 5.78. The van der Waals surface area contributed by atoms with Crippen molar-refractivity contribution in [3.05, 3.63) is 60.6 Å². The number of ether oxygens (including phenoxy) is 1. The average Bonchev–Trinajstić information content (AvgIpc) is 3.33. The quantitative estimate of drug-likeness (QED) is 0.643. The molecule has 4 rings (SSSR count). The Morgan fingerprint density at radius 2 is 1.87 bits per heavy atom. The van der Waals surface area contributed by atoms with Gasteiger partial charge in [0.05, 0.1) is 32.2 Å². The third-order valence-electron chi connectivity index (χ3n) is 5.15. The maximum absolute atomic E-state index is 12.4. The van der Waals surface area contributed by atoms with Crippen molar-refractivity contribution in [1.82, 2.24) is 20.4 Å². The lowest BCUT2D eigenvalue weighted by molar-refractivity contribution is -0.130. The van der Waals surface area contributed by atoms with Gasteiger partial charge in [-0.05, 0) is 48.5 Å². The number of rotatable bonds is 7. The van der Waals surface area contributed by atoms with Gasteiger partial charge < -0.3 is 24.3 Å². The molecule has 2 aromatic heterocycles. The summed E-state index contributed by atoms with van der Waals surface area (Å²) in [7, 11) is 1.65. The monoisotopic (exact) mass is 407 g/mol. The fourth-order valence-corrected chi connectivity index (χ4v) is 3.41. The third-order valence-corrected chi connectivity index (χ3v) is 5.15. The SMILES string of the molecule is COc1ccc(-c2ccc(N3CCN(C(=O)CNCc4ccco4)CC3)nn2)cc1.